The molecule has 0 aliphatic heterocycles. The van der Waals surface area contributed by atoms with Gasteiger partial charge in [0.1, 0.15) is 0 Å². The van der Waals surface area contributed by atoms with E-state index in [1.165, 1.54) is 13.9 Å². The standard InChI is InChI=1S/C3H10NSi.3C2H5.CH4N.Ta/c1-5(2,3)4;4*1-2;/h4H,1-3H3;3*1H2,2H3;2H,1H3;/q-1;;;;-1;+2. The summed E-state index contributed by atoms with van der Waals surface area (Å²) in [5, 5.41) is 0. The molecule has 0 spiro atoms. The van der Waals surface area contributed by atoms with Crippen LogP contribution in [0.15, 0.2) is 0 Å². The molecule has 0 aliphatic carbocycles. The Hall–Kier alpha value is 0.877. The van der Waals surface area contributed by atoms with Crippen LogP contribution in [-0.2, 0) is 16.3 Å². The summed E-state index contributed by atoms with van der Waals surface area (Å²) in [5.41, 5.74) is 0. The molecule has 0 aromatic carbocycles. The quantitative estimate of drug-likeness (QED) is 0.684. The van der Waals surface area contributed by atoms with E-state index in [9.17, 15) is 0 Å². The fraction of sp³-hybridized carbons (Fsp3) is 1.00. The van der Waals surface area contributed by atoms with Crippen molar-refractivity contribution in [2.75, 3.05) is 7.05 Å². The topological polar surface area (TPSA) is 24.1 Å². The van der Waals surface area contributed by atoms with Gasteiger partial charge in [-0.1, -0.05) is 0 Å². The van der Waals surface area contributed by atoms with E-state index < -0.39 is 24.6 Å². The van der Waals surface area contributed by atoms with Crippen LogP contribution in [0.2, 0.25) is 33.6 Å². The monoisotopic (exact) mass is 386 g/mol. The predicted molar refractivity (Wildman–Crippen MR) is 67.0 cm³/mol. The minimum atomic E-state index is -2.78. The van der Waals surface area contributed by atoms with Crippen LogP contribution in [0, 0.1) is 0 Å². The van der Waals surface area contributed by atoms with Crippen LogP contribution < -0.4 is 7.11 Å². The molecule has 0 amide bonds. The Morgan fingerprint density at radius 1 is 0.929 bits per heavy atom. The second-order valence-corrected chi connectivity index (χ2v) is 33.3. The summed E-state index contributed by atoms with van der Waals surface area (Å²) in [6, 6.07) is 0. The third-order valence-electron chi connectivity index (χ3n) is 3.50. The predicted octanol–water partition coefficient (Wildman–Crippen LogP) is 3.46. The van der Waals surface area contributed by atoms with Crippen molar-refractivity contribution in [3.05, 3.63) is 0 Å². The first-order valence-electron chi connectivity index (χ1n) is 5.77. The van der Waals surface area contributed by atoms with Crippen molar-refractivity contribution in [1.29, 1.82) is 0 Å². The zero-order chi connectivity index (χ0) is 11.5. The van der Waals surface area contributed by atoms with E-state index in [0.717, 1.165) is 0 Å². The van der Waals surface area contributed by atoms with Gasteiger partial charge in [0.2, 0.25) is 0 Å². The van der Waals surface area contributed by atoms with E-state index in [2.05, 4.69) is 54.6 Å². The number of nitrogens with one attached hydrogen (secondary N) is 2. The van der Waals surface area contributed by atoms with E-state index in [4.69, 9.17) is 0 Å². The fourth-order valence-electron chi connectivity index (χ4n) is 2.32. The summed E-state index contributed by atoms with van der Waals surface area (Å²) in [4.78, 5) is 0. The number of hydrogen-bond acceptors (Lipinski definition) is 2. The summed E-state index contributed by atoms with van der Waals surface area (Å²) < 4.78 is 11.9. The van der Waals surface area contributed by atoms with Crippen LogP contribution in [-0.4, -0.2) is 15.3 Å². The van der Waals surface area contributed by atoms with E-state index in [0.29, 0.717) is 0 Å². The van der Waals surface area contributed by atoms with Gasteiger partial charge in [-0.3, -0.25) is 0 Å². The summed E-state index contributed by atoms with van der Waals surface area (Å²) in [6.07, 6.45) is 0. The first-order chi connectivity index (χ1) is 6.26. The molecule has 0 aromatic heterocycles. The SMILES string of the molecule is C[CH2][Ta]([CH2]C)([CH2]C)([NH]C)[NH][Si](C)(C)C. The summed E-state index contributed by atoms with van der Waals surface area (Å²) in [5.74, 6) is 0. The summed E-state index contributed by atoms with van der Waals surface area (Å²) in [7, 11) is 1.01. The van der Waals surface area contributed by atoms with Gasteiger partial charge in [0.15, 0.2) is 0 Å². The third-order valence-corrected chi connectivity index (χ3v) is 39.0. The first kappa shape index (κ1) is 14.9. The van der Waals surface area contributed by atoms with Gasteiger partial charge in [0, 0.05) is 0 Å². The Morgan fingerprint density at radius 2 is 1.29 bits per heavy atom. The van der Waals surface area contributed by atoms with Crippen molar-refractivity contribution in [2.45, 2.75) is 54.3 Å². The Bertz CT molecular complexity index is 162. The Kier molecular flexibility index (Phi) is 5.11. The van der Waals surface area contributed by atoms with Crippen molar-refractivity contribution in [3.8, 4) is 0 Å². The van der Waals surface area contributed by atoms with Crippen LogP contribution in [0.1, 0.15) is 20.8 Å². The normalized spacial score (nSPS) is 16.4. The molecule has 0 rings (SSSR count). The molecular formula is C10H29N2SiTa. The fourth-order valence-corrected chi connectivity index (χ4v) is 38.2. The van der Waals surface area contributed by atoms with Crippen LogP contribution in [0.4, 0.5) is 0 Å². The van der Waals surface area contributed by atoms with Crippen molar-refractivity contribution >= 4 is 8.24 Å². The molecule has 0 radical (unpaired) electrons. The first-order valence-corrected chi connectivity index (χ1v) is 19.3. The van der Waals surface area contributed by atoms with Gasteiger partial charge in [-0.05, 0) is 0 Å². The average Bonchev–Trinajstić information content (AvgIpc) is 2.14. The molecule has 0 saturated heterocycles. The minimum absolute atomic E-state index is 1.17. The molecule has 0 heterocycles. The van der Waals surface area contributed by atoms with Gasteiger partial charge in [0.25, 0.3) is 0 Å². The maximum absolute atomic E-state index is 4.12. The van der Waals surface area contributed by atoms with Crippen molar-refractivity contribution < 1.29 is 16.3 Å². The van der Waals surface area contributed by atoms with Gasteiger partial charge in [0.05, 0.1) is 0 Å². The molecule has 0 aromatic rings. The van der Waals surface area contributed by atoms with Crippen LogP contribution >= 0.6 is 0 Å². The summed E-state index contributed by atoms with van der Waals surface area (Å²) >= 11 is -2.78. The molecule has 0 fully saturated rings. The van der Waals surface area contributed by atoms with E-state index in [1.54, 1.807) is 0 Å². The Morgan fingerprint density at radius 3 is 1.36 bits per heavy atom. The zero-order valence-corrected chi connectivity index (χ0v) is 15.3. The van der Waals surface area contributed by atoms with Gasteiger partial charge in [-0.2, -0.15) is 0 Å². The molecule has 2 nitrogen and oxygen atoms in total. The second-order valence-electron chi connectivity index (χ2n) is 5.27. The molecule has 4 heteroatoms. The Balaban J connectivity index is 5.04. The van der Waals surface area contributed by atoms with E-state index in [1.807, 2.05) is 0 Å². The third kappa shape index (κ3) is 3.19. The molecule has 0 aliphatic rings. The van der Waals surface area contributed by atoms with Gasteiger partial charge >= 0.3 is 93.1 Å². The molecule has 0 bridgehead atoms. The molecule has 14 heavy (non-hydrogen) atoms. The molecule has 0 unspecified atom stereocenters. The average molecular weight is 386 g/mol. The van der Waals surface area contributed by atoms with Crippen molar-refractivity contribution in [3.63, 3.8) is 0 Å². The van der Waals surface area contributed by atoms with Crippen LogP contribution in [0.3, 0.4) is 0 Å². The molecular weight excluding hydrogens is 357 g/mol. The van der Waals surface area contributed by atoms with Crippen molar-refractivity contribution in [2.24, 2.45) is 0 Å². The molecule has 88 valence electrons. The summed E-state index contributed by atoms with van der Waals surface area (Å²) in [6.45, 7) is 14.3. The van der Waals surface area contributed by atoms with Gasteiger partial charge in [-0.15, -0.1) is 0 Å². The molecule has 0 saturated carbocycles. The molecule has 0 atom stereocenters. The maximum atomic E-state index is 4.12. The Labute approximate surface area is 92.9 Å². The zero-order valence-electron chi connectivity index (χ0n) is 11.1. The van der Waals surface area contributed by atoms with Gasteiger partial charge in [-0.25, -0.2) is 0 Å². The van der Waals surface area contributed by atoms with E-state index in [-0.39, 0.29) is 0 Å². The number of hydrogen-bond donors (Lipinski definition) is 2. The second kappa shape index (κ2) is 4.81. The molecule has 2 N–H and O–H groups in total. The van der Waals surface area contributed by atoms with Crippen molar-refractivity contribution in [1.82, 2.24) is 7.11 Å². The van der Waals surface area contributed by atoms with Gasteiger partial charge < -0.3 is 0 Å². The van der Waals surface area contributed by atoms with Crippen LogP contribution in [0.25, 0.3) is 0 Å². The van der Waals surface area contributed by atoms with E-state index >= 15 is 0 Å². The van der Waals surface area contributed by atoms with Crippen LogP contribution in [0.5, 0.6) is 0 Å². The number of rotatable bonds is 6.